The fourth-order valence-electron chi connectivity index (χ4n) is 1.02. The minimum absolute atomic E-state index is 1.05. The number of anilines is 1. The second-order valence-corrected chi connectivity index (χ2v) is 2.95. The van der Waals surface area contributed by atoms with Crippen LogP contribution in [0.15, 0.2) is 30.3 Å². The SMILES string of the molecule is CN(C)c1ccc(C=CC#N)cc1. The van der Waals surface area contributed by atoms with E-state index in [9.17, 15) is 0 Å². The van der Waals surface area contributed by atoms with Crippen molar-refractivity contribution >= 4 is 11.8 Å². The molecular formula is C11H12N2. The van der Waals surface area contributed by atoms with Crippen LogP contribution >= 0.6 is 0 Å². The molecular weight excluding hydrogens is 160 g/mol. The first-order valence-corrected chi connectivity index (χ1v) is 4.07. The lowest BCUT2D eigenvalue weighted by Crippen LogP contribution is -2.07. The van der Waals surface area contributed by atoms with Gasteiger partial charge in [-0.25, -0.2) is 0 Å². The third-order valence-corrected chi connectivity index (χ3v) is 1.76. The van der Waals surface area contributed by atoms with Crippen molar-refractivity contribution < 1.29 is 0 Å². The summed E-state index contributed by atoms with van der Waals surface area (Å²) in [5.74, 6) is 0. The Balaban J connectivity index is 2.83. The van der Waals surface area contributed by atoms with Crippen LogP contribution in [0, 0.1) is 11.3 Å². The van der Waals surface area contributed by atoms with Crippen LogP contribution in [0.25, 0.3) is 6.08 Å². The monoisotopic (exact) mass is 172 g/mol. The van der Waals surface area contributed by atoms with Gasteiger partial charge in [0.2, 0.25) is 0 Å². The third kappa shape index (κ3) is 2.64. The summed E-state index contributed by atoms with van der Waals surface area (Å²) in [5.41, 5.74) is 2.21. The first-order chi connectivity index (χ1) is 6.24. The molecule has 0 heterocycles. The molecule has 0 aliphatic rings. The Morgan fingerprint density at radius 1 is 1.23 bits per heavy atom. The summed E-state index contributed by atoms with van der Waals surface area (Å²) in [5, 5.41) is 8.33. The van der Waals surface area contributed by atoms with E-state index < -0.39 is 0 Å². The normalized spacial score (nSPS) is 9.92. The van der Waals surface area contributed by atoms with Crippen molar-refractivity contribution in [1.29, 1.82) is 5.26 Å². The van der Waals surface area contributed by atoms with Gasteiger partial charge >= 0.3 is 0 Å². The predicted molar refractivity (Wildman–Crippen MR) is 55.4 cm³/mol. The number of nitriles is 1. The summed E-state index contributed by atoms with van der Waals surface area (Å²) >= 11 is 0. The molecule has 1 aromatic rings. The van der Waals surface area contributed by atoms with E-state index in [0.717, 1.165) is 11.3 Å². The molecule has 0 saturated carbocycles. The Morgan fingerprint density at radius 3 is 2.31 bits per heavy atom. The maximum absolute atomic E-state index is 8.33. The minimum atomic E-state index is 1.05. The second kappa shape index (κ2) is 4.32. The van der Waals surface area contributed by atoms with Crippen molar-refractivity contribution in [3.8, 4) is 6.07 Å². The van der Waals surface area contributed by atoms with Gasteiger partial charge in [0.25, 0.3) is 0 Å². The molecule has 13 heavy (non-hydrogen) atoms. The van der Waals surface area contributed by atoms with Gasteiger partial charge in [-0.2, -0.15) is 5.26 Å². The van der Waals surface area contributed by atoms with E-state index in [-0.39, 0.29) is 0 Å². The number of benzene rings is 1. The molecule has 0 spiro atoms. The molecule has 0 bridgehead atoms. The molecule has 0 N–H and O–H groups in total. The number of hydrogen-bond donors (Lipinski definition) is 0. The minimum Gasteiger partial charge on any atom is -0.378 e. The number of rotatable bonds is 2. The summed E-state index contributed by atoms with van der Waals surface area (Å²) in [6.07, 6.45) is 3.27. The van der Waals surface area contributed by atoms with Gasteiger partial charge in [-0.15, -0.1) is 0 Å². The summed E-state index contributed by atoms with van der Waals surface area (Å²) in [7, 11) is 4.00. The van der Waals surface area contributed by atoms with Gasteiger partial charge in [0.15, 0.2) is 0 Å². The van der Waals surface area contributed by atoms with Crippen molar-refractivity contribution in [2.75, 3.05) is 19.0 Å². The van der Waals surface area contributed by atoms with Crippen LogP contribution in [0.2, 0.25) is 0 Å². The van der Waals surface area contributed by atoms with Gasteiger partial charge in [-0.05, 0) is 23.8 Å². The molecule has 66 valence electrons. The average molecular weight is 172 g/mol. The smallest absolute Gasteiger partial charge is 0.0912 e. The van der Waals surface area contributed by atoms with Crippen molar-refractivity contribution in [3.63, 3.8) is 0 Å². The molecule has 2 nitrogen and oxygen atoms in total. The topological polar surface area (TPSA) is 27.0 Å². The van der Waals surface area contributed by atoms with E-state index >= 15 is 0 Å². The second-order valence-electron chi connectivity index (χ2n) is 2.95. The molecule has 1 aromatic carbocycles. The molecule has 0 aromatic heterocycles. The van der Waals surface area contributed by atoms with Gasteiger partial charge in [0.1, 0.15) is 0 Å². The predicted octanol–water partition coefficient (Wildman–Crippen LogP) is 2.29. The Bertz CT molecular complexity index is 328. The van der Waals surface area contributed by atoms with E-state index in [0.29, 0.717) is 0 Å². The van der Waals surface area contributed by atoms with Crippen LogP contribution in [-0.2, 0) is 0 Å². The lowest BCUT2D eigenvalue weighted by atomic mass is 10.2. The van der Waals surface area contributed by atoms with Gasteiger partial charge in [-0.1, -0.05) is 12.1 Å². The van der Waals surface area contributed by atoms with Crippen LogP contribution in [0.4, 0.5) is 5.69 Å². The molecule has 0 unspecified atom stereocenters. The van der Waals surface area contributed by atoms with Crippen LogP contribution in [0.3, 0.4) is 0 Å². The molecule has 0 amide bonds. The molecule has 2 heteroatoms. The van der Waals surface area contributed by atoms with Crippen molar-refractivity contribution in [2.24, 2.45) is 0 Å². The maximum atomic E-state index is 8.33. The van der Waals surface area contributed by atoms with Gasteiger partial charge < -0.3 is 4.90 Å². The van der Waals surface area contributed by atoms with Crippen molar-refractivity contribution in [2.45, 2.75) is 0 Å². The van der Waals surface area contributed by atoms with E-state index in [4.69, 9.17) is 5.26 Å². The molecule has 0 aliphatic heterocycles. The summed E-state index contributed by atoms with van der Waals surface area (Å²) in [4.78, 5) is 2.04. The first-order valence-electron chi connectivity index (χ1n) is 4.07. The fourth-order valence-corrected chi connectivity index (χ4v) is 1.02. The molecule has 0 aliphatic carbocycles. The van der Waals surface area contributed by atoms with Crippen LogP contribution in [0.5, 0.6) is 0 Å². The molecule has 0 atom stereocenters. The largest absolute Gasteiger partial charge is 0.378 e. The quantitative estimate of drug-likeness (QED) is 0.640. The Labute approximate surface area is 78.7 Å². The Morgan fingerprint density at radius 2 is 1.85 bits per heavy atom. The maximum Gasteiger partial charge on any atom is 0.0912 e. The summed E-state index contributed by atoms with van der Waals surface area (Å²) in [6.45, 7) is 0. The number of allylic oxidation sites excluding steroid dienone is 1. The Hall–Kier alpha value is -1.75. The Kier molecular flexibility index (Phi) is 3.10. The number of nitrogens with zero attached hydrogens (tertiary/aromatic N) is 2. The molecule has 1 rings (SSSR count). The standard InChI is InChI=1S/C11H12N2/c1-13(2)11-7-5-10(6-8-11)4-3-9-12/h3-8H,1-2H3. The van der Waals surface area contributed by atoms with Gasteiger partial charge in [0.05, 0.1) is 6.07 Å². The lowest BCUT2D eigenvalue weighted by molar-refractivity contribution is 1.13. The van der Waals surface area contributed by atoms with Crippen LogP contribution in [-0.4, -0.2) is 14.1 Å². The highest BCUT2D eigenvalue weighted by molar-refractivity contribution is 5.56. The highest BCUT2D eigenvalue weighted by Gasteiger charge is 1.92. The molecule has 0 saturated heterocycles. The molecule has 0 fully saturated rings. The molecule has 0 radical (unpaired) electrons. The fraction of sp³-hybridized carbons (Fsp3) is 0.182. The van der Waals surface area contributed by atoms with Crippen LogP contribution < -0.4 is 4.90 Å². The third-order valence-electron chi connectivity index (χ3n) is 1.76. The highest BCUT2D eigenvalue weighted by Crippen LogP contribution is 2.12. The zero-order chi connectivity index (χ0) is 9.68. The summed E-state index contributed by atoms with van der Waals surface area (Å²) in [6, 6.07) is 9.99. The van der Waals surface area contributed by atoms with Crippen LogP contribution in [0.1, 0.15) is 5.56 Å². The van der Waals surface area contributed by atoms with Gasteiger partial charge in [-0.3, -0.25) is 0 Å². The zero-order valence-corrected chi connectivity index (χ0v) is 7.86. The van der Waals surface area contributed by atoms with Crippen molar-refractivity contribution in [3.05, 3.63) is 35.9 Å². The van der Waals surface area contributed by atoms with Crippen molar-refractivity contribution in [1.82, 2.24) is 0 Å². The van der Waals surface area contributed by atoms with Gasteiger partial charge in [0, 0.05) is 25.9 Å². The lowest BCUT2D eigenvalue weighted by Gasteiger charge is -2.11. The van der Waals surface area contributed by atoms with E-state index in [1.54, 1.807) is 6.08 Å². The first kappa shape index (κ1) is 9.34. The summed E-state index contributed by atoms with van der Waals surface area (Å²) < 4.78 is 0. The zero-order valence-electron chi connectivity index (χ0n) is 7.86. The number of hydrogen-bond acceptors (Lipinski definition) is 2. The van der Waals surface area contributed by atoms with E-state index in [2.05, 4.69) is 0 Å². The van der Waals surface area contributed by atoms with E-state index in [1.165, 1.54) is 6.08 Å². The average Bonchev–Trinajstić information content (AvgIpc) is 2.15. The highest BCUT2D eigenvalue weighted by atomic mass is 15.1. The van der Waals surface area contributed by atoms with E-state index in [1.807, 2.05) is 49.3 Å².